The van der Waals surface area contributed by atoms with E-state index in [0.29, 0.717) is 26.6 Å². The van der Waals surface area contributed by atoms with Crippen LogP contribution in [0.5, 0.6) is 0 Å². The fourth-order valence-corrected chi connectivity index (χ4v) is 2.85. The number of anilines is 1. The SMILES string of the molecule is Cc1cc(=O)[nH]c(S[C@@H](C)C(=O)Nc2cc(Cl)ccc2Cl)n1. The number of aromatic amines is 1. The molecule has 0 radical (unpaired) electrons. The first-order valence-electron chi connectivity index (χ1n) is 6.35. The Morgan fingerprint density at radius 3 is 2.77 bits per heavy atom. The molecule has 1 aromatic heterocycles. The lowest BCUT2D eigenvalue weighted by Gasteiger charge is -2.12. The van der Waals surface area contributed by atoms with Gasteiger partial charge < -0.3 is 10.3 Å². The number of benzene rings is 1. The number of nitrogens with one attached hydrogen (secondary N) is 2. The zero-order chi connectivity index (χ0) is 16.3. The Kier molecular flexibility index (Phi) is 5.50. The number of carbonyl (C=O) groups excluding carboxylic acids is 1. The summed E-state index contributed by atoms with van der Waals surface area (Å²) in [5.74, 6) is -0.265. The normalized spacial score (nSPS) is 12.0. The van der Waals surface area contributed by atoms with Gasteiger partial charge in [0.2, 0.25) is 5.91 Å². The second-order valence-electron chi connectivity index (χ2n) is 4.57. The Morgan fingerprint density at radius 1 is 1.36 bits per heavy atom. The standard InChI is InChI=1S/C14H13Cl2N3O2S/c1-7-5-12(20)19-14(17-7)22-8(2)13(21)18-11-6-9(15)3-4-10(11)16/h3-6,8H,1-2H3,(H,18,21)(H,17,19,20)/t8-/m0/s1. The van der Waals surface area contributed by atoms with E-state index in [0.717, 1.165) is 11.8 Å². The van der Waals surface area contributed by atoms with Crippen molar-refractivity contribution in [3.8, 4) is 0 Å². The van der Waals surface area contributed by atoms with E-state index < -0.39 is 5.25 Å². The minimum atomic E-state index is -0.472. The topological polar surface area (TPSA) is 74.8 Å². The first-order valence-corrected chi connectivity index (χ1v) is 7.99. The second-order valence-corrected chi connectivity index (χ2v) is 6.74. The highest BCUT2D eigenvalue weighted by atomic mass is 35.5. The summed E-state index contributed by atoms with van der Waals surface area (Å²) in [7, 11) is 0. The number of halogens is 2. The molecule has 2 rings (SSSR count). The van der Waals surface area contributed by atoms with Crippen molar-refractivity contribution < 1.29 is 4.79 Å². The van der Waals surface area contributed by atoms with Crippen molar-refractivity contribution in [3.63, 3.8) is 0 Å². The number of hydrogen-bond donors (Lipinski definition) is 2. The Labute approximate surface area is 141 Å². The molecule has 0 fully saturated rings. The Hall–Kier alpha value is -1.50. The molecule has 0 saturated carbocycles. The smallest absolute Gasteiger partial charge is 0.251 e. The van der Waals surface area contributed by atoms with Crippen molar-refractivity contribution in [2.45, 2.75) is 24.3 Å². The molecular formula is C14H13Cl2N3O2S. The molecule has 8 heteroatoms. The van der Waals surface area contributed by atoms with Crippen LogP contribution in [0.3, 0.4) is 0 Å². The molecule has 5 nitrogen and oxygen atoms in total. The molecule has 116 valence electrons. The fourth-order valence-electron chi connectivity index (χ4n) is 1.66. The number of rotatable bonds is 4. The average molecular weight is 358 g/mol. The molecule has 1 amide bonds. The van der Waals surface area contributed by atoms with Gasteiger partial charge in [0.15, 0.2) is 5.16 Å². The number of carbonyl (C=O) groups is 1. The van der Waals surface area contributed by atoms with Crippen LogP contribution in [0.15, 0.2) is 34.2 Å². The van der Waals surface area contributed by atoms with Crippen molar-refractivity contribution in [2.75, 3.05) is 5.32 Å². The third-order valence-corrected chi connectivity index (χ3v) is 4.24. The molecule has 0 unspecified atom stereocenters. The Balaban J connectivity index is 2.09. The van der Waals surface area contributed by atoms with Crippen LogP contribution in [0.2, 0.25) is 10.0 Å². The van der Waals surface area contributed by atoms with Crippen LogP contribution in [0.4, 0.5) is 5.69 Å². The molecule has 0 spiro atoms. The van der Waals surface area contributed by atoms with Crippen molar-refractivity contribution >= 4 is 46.6 Å². The minimum Gasteiger partial charge on any atom is -0.324 e. The molecule has 1 atom stereocenters. The van der Waals surface area contributed by atoms with Crippen LogP contribution in [0.25, 0.3) is 0 Å². The lowest BCUT2D eigenvalue weighted by molar-refractivity contribution is -0.115. The lowest BCUT2D eigenvalue weighted by atomic mass is 10.3. The maximum absolute atomic E-state index is 12.2. The highest BCUT2D eigenvalue weighted by Crippen LogP contribution is 2.27. The summed E-state index contributed by atoms with van der Waals surface area (Å²) >= 11 is 13.0. The zero-order valence-corrected chi connectivity index (χ0v) is 14.1. The van der Waals surface area contributed by atoms with Gasteiger partial charge in [-0.25, -0.2) is 4.98 Å². The van der Waals surface area contributed by atoms with Gasteiger partial charge in [0.1, 0.15) is 0 Å². The van der Waals surface area contributed by atoms with Crippen LogP contribution < -0.4 is 10.9 Å². The summed E-state index contributed by atoms with van der Waals surface area (Å²) < 4.78 is 0. The monoisotopic (exact) mass is 357 g/mol. The van der Waals surface area contributed by atoms with Gasteiger partial charge >= 0.3 is 0 Å². The minimum absolute atomic E-state index is 0.250. The summed E-state index contributed by atoms with van der Waals surface area (Å²) in [6, 6.07) is 6.21. The predicted molar refractivity (Wildman–Crippen MR) is 90.0 cm³/mol. The van der Waals surface area contributed by atoms with Crippen LogP contribution in [-0.2, 0) is 4.79 Å². The van der Waals surface area contributed by atoms with Crippen LogP contribution in [0, 0.1) is 6.92 Å². The molecule has 0 aliphatic carbocycles. The van der Waals surface area contributed by atoms with Gasteiger partial charge in [0, 0.05) is 16.8 Å². The molecule has 0 bridgehead atoms. The van der Waals surface area contributed by atoms with Gasteiger partial charge in [0.05, 0.1) is 16.0 Å². The zero-order valence-electron chi connectivity index (χ0n) is 11.8. The van der Waals surface area contributed by atoms with Gasteiger partial charge in [-0.1, -0.05) is 35.0 Å². The van der Waals surface area contributed by atoms with E-state index in [1.54, 1.807) is 32.0 Å². The summed E-state index contributed by atoms with van der Waals surface area (Å²) in [6.07, 6.45) is 0. The van der Waals surface area contributed by atoms with E-state index in [-0.39, 0.29) is 11.5 Å². The first-order chi connectivity index (χ1) is 10.3. The Morgan fingerprint density at radius 2 is 2.09 bits per heavy atom. The number of hydrogen-bond acceptors (Lipinski definition) is 4. The number of H-pyrrole nitrogens is 1. The molecule has 1 heterocycles. The third kappa shape index (κ3) is 4.50. The summed E-state index contributed by atoms with van der Waals surface area (Å²) in [4.78, 5) is 30.4. The molecule has 2 aromatic rings. The largest absolute Gasteiger partial charge is 0.324 e. The van der Waals surface area contributed by atoms with E-state index in [1.807, 2.05) is 0 Å². The van der Waals surface area contributed by atoms with Crippen molar-refractivity contribution in [1.29, 1.82) is 0 Å². The Bertz CT molecular complexity index is 764. The molecule has 0 aliphatic heterocycles. The van der Waals surface area contributed by atoms with Crippen LogP contribution >= 0.6 is 35.0 Å². The number of thioether (sulfide) groups is 1. The molecule has 1 aromatic carbocycles. The fraction of sp³-hybridized carbons (Fsp3) is 0.214. The third-order valence-electron chi connectivity index (χ3n) is 2.69. The first kappa shape index (κ1) is 16.9. The van der Waals surface area contributed by atoms with Crippen LogP contribution in [0.1, 0.15) is 12.6 Å². The predicted octanol–water partition coefficient (Wildman–Crippen LogP) is 3.50. The van der Waals surface area contributed by atoms with E-state index >= 15 is 0 Å². The number of aryl methyl sites for hydroxylation is 1. The number of nitrogens with zero attached hydrogens (tertiary/aromatic N) is 1. The summed E-state index contributed by atoms with van der Waals surface area (Å²) in [5.41, 5.74) is 0.787. The molecule has 0 aliphatic rings. The number of amides is 1. The molecule has 2 N–H and O–H groups in total. The maximum atomic E-state index is 12.2. The summed E-state index contributed by atoms with van der Waals surface area (Å²) in [6.45, 7) is 3.43. The van der Waals surface area contributed by atoms with Crippen molar-refractivity contribution in [3.05, 3.63) is 50.4 Å². The highest BCUT2D eigenvalue weighted by molar-refractivity contribution is 8.00. The lowest BCUT2D eigenvalue weighted by Crippen LogP contribution is -2.23. The van der Waals surface area contributed by atoms with E-state index in [9.17, 15) is 9.59 Å². The van der Waals surface area contributed by atoms with E-state index in [4.69, 9.17) is 23.2 Å². The van der Waals surface area contributed by atoms with Gasteiger partial charge in [-0.2, -0.15) is 0 Å². The molecule has 22 heavy (non-hydrogen) atoms. The summed E-state index contributed by atoms with van der Waals surface area (Å²) in [5, 5.41) is 3.50. The second kappa shape index (κ2) is 7.17. The van der Waals surface area contributed by atoms with Gasteiger partial charge in [-0.05, 0) is 32.0 Å². The van der Waals surface area contributed by atoms with E-state index in [1.165, 1.54) is 6.07 Å². The van der Waals surface area contributed by atoms with Crippen molar-refractivity contribution in [2.24, 2.45) is 0 Å². The number of aromatic nitrogens is 2. The van der Waals surface area contributed by atoms with Crippen LogP contribution in [-0.4, -0.2) is 21.1 Å². The van der Waals surface area contributed by atoms with Crippen molar-refractivity contribution in [1.82, 2.24) is 9.97 Å². The quantitative estimate of drug-likeness (QED) is 0.648. The van der Waals surface area contributed by atoms with Gasteiger partial charge in [-0.3, -0.25) is 9.59 Å². The molecular weight excluding hydrogens is 345 g/mol. The average Bonchev–Trinajstić information content (AvgIpc) is 2.41. The van der Waals surface area contributed by atoms with Gasteiger partial charge in [-0.15, -0.1) is 0 Å². The van der Waals surface area contributed by atoms with Gasteiger partial charge in [0.25, 0.3) is 5.56 Å². The molecule has 0 saturated heterocycles. The maximum Gasteiger partial charge on any atom is 0.251 e. The van der Waals surface area contributed by atoms with E-state index in [2.05, 4.69) is 15.3 Å². The highest BCUT2D eigenvalue weighted by Gasteiger charge is 2.17.